The van der Waals surface area contributed by atoms with Gasteiger partial charge < -0.3 is 10.1 Å². The molecule has 0 spiro atoms. The van der Waals surface area contributed by atoms with Crippen LogP contribution in [0.4, 0.5) is 10.5 Å². The second-order valence-electron chi connectivity index (χ2n) is 9.31. The first-order valence-corrected chi connectivity index (χ1v) is 11.2. The fourth-order valence-electron chi connectivity index (χ4n) is 4.01. The topological polar surface area (TPSA) is 50.7 Å². The molecule has 0 aromatic heterocycles. The molecule has 4 rings (SSSR count). The van der Waals surface area contributed by atoms with Crippen LogP contribution in [0.25, 0.3) is 0 Å². The maximum Gasteiger partial charge on any atom is 0.408 e. The van der Waals surface area contributed by atoms with Crippen molar-refractivity contribution in [3.8, 4) is 0 Å². The van der Waals surface area contributed by atoms with Crippen LogP contribution >= 0.6 is 0 Å². The number of carbonyl (C=O) groups is 1. The normalized spacial score (nSPS) is 14.7. The molecule has 1 amide bonds. The monoisotopic (exact) mass is 426 g/mol. The number of ether oxygens (including phenoxy) is 1. The molecule has 0 atom stereocenters. The van der Waals surface area contributed by atoms with Gasteiger partial charge in [-0.3, -0.25) is 0 Å². The number of aliphatic imine (C=N–C) groups is 1. The number of hydrogen-bond acceptors (Lipinski definition) is 3. The number of carbonyl (C=O) groups excluding carboxylic acids is 1. The molecule has 0 saturated heterocycles. The van der Waals surface area contributed by atoms with Crippen LogP contribution in [-0.4, -0.2) is 17.4 Å². The first-order chi connectivity index (χ1) is 15.3. The van der Waals surface area contributed by atoms with Crippen molar-refractivity contribution in [1.29, 1.82) is 0 Å². The molecular formula is C28H30N2O2. The molecule has 1 N–H and O–H groups in total. The van der Waals surface area contributed by atoms with Gasteiger partial charge in [0.1, 0.15) is 5.60 Å². The van der Waals surface area contributed by atoms with E-state index in [4.69, 9.17) is 9.73 Å². The molecule has 0 bridgehead atoms. The fraction of sp³-hybridized carbons (Fsp3) is 0.286. The fourth-order valence-corrected chi connectivity index (χ4v) is 4.01. The van der Waals surface area contributed by atoms with Crippen molar-refractivity contribution in [3.05, 3.63) is 102 Å². The lowest BCUT2D eigenvalue weighted by Gasteiger charge is -2.43. The lowest BCUT2D eigenvalue weighted by atomic mass is 9.72. The third-order valence-corrected chi connectivity index (χ3v) is 5.68. The summed E-state index contributed by atoms with van der Waals surface area (Å²) in [6.45, 7) is 5.64. The highest BCUT2D eigenvalue weighted by molar-refractivity contribution is 6.13. The predicted molar refractivity (Wildman–Crippen MR) is 130 cm³/mol. The zero-order chi connectivity index (χ0) is 22.6. The van der Waals surface area contributed by atoms with E-state index >= 15 is 0 Å². The van der Waals surface area contributed by atoms with Crippen LogP contribution in [0.15, 0.2) is 89.9 Å². The average molecular weight is 427 g/mol. The number of amides is 1. The smallest absolute Gasteiger partial charge is 0.408 e. The van der Waals surface area contributed by atoms with Crippen molar-refractivity contribution in [2.45, 2.75) is 51.2 Å². The third-order valence-electron chi connectivity index (χ3n) is 5.68. The van der Waals surface area contributed by atoms with Gasteiger partial charge in [-0.25, -0.2) is 9.79 Å². The predicted octanol–water partition coefficient (Wildman–Crippen LogP) is 6.76. The molecule has 0 unspecified atom stereocenters. The molecule has 0 heterocycles. The number of rotatable bonds is 5. The third kappa shape index (κ3) is 5.08. The van der Waals surface area contributed by atoms with Gasteiger partial charge >= 0.3 is 6.09 Å². The van der Waals surface area contributed by atoms with Gasteiger partial charge in [0.25, 0.3) is 0 Å². The molecule has 164 valence electrons. The second kappa shape index (κ2) is 8.99. The van der Waals surface area contributed by atoms with E-state index in [2.05, 4.69) is 41.7 Å². The Morgan fingerprint density at radius 2 is 1.47 bits per heavy atom. The van der Waals surface area contributed by atoms with Gasteiger partial charge in [-0.2, -0.15) is 0 Å². The summed E-state index contributed by atoms with van der Waals surface area (Å²) in [5.74, 6) is 0. The van der Waals surface area contributed by atoms with Crippen LogP contribution in [-0.2, 0) is 10.3 Å². The zero-order valence-electron chi connectivity index (χ0n) is 19.0. The number of nitrogens with one attached hydrogen (secondary N) is 1. The first-order valence-electron chi connectivity index (χ1n) is 11.2. The summed E-state index contributed by atoms with van der Waals surface area (Å²) in [5, 5.41) is 3.14. The van der Waals surface area contributed by atoms with Crippen LogP contribution in [0.3, 0.4) is 0 Å². The lowest BCUT2D eigenvalue weighted by molar-refractivity contribution is 0.0377. The highest BCUT2D eigenvalue weighted by atomic mass is 16.6. The summed E-state index contributed by atoms with van der Waals surface area (Å²) in [7, 11) is 0. The summed E-state index contributed by atoms with van der Waals surface area (Å²) >= 11 is 0. The molecule has 0 aliphatic heterocycles. The SMILES string of the molecule is CC(C)(C)OC(=O)NC1(c2cccc(N=C(c3ccccc3)c3ccccc3)c2)CCC1. The van der Waals surface area contributed by atoms with E-state index < -0.39 is 11.1 Å². The quantitative estimate of drug-likeness (QED) is 0.458. The Bertz CT molecular complexity index is 1050. The standard InChI is InChI=1S/C28H30N2O2/c1-27(2,3)32-26(31)30-28(18-11-19-28)23-16-10-17-24(20-23)29-25(21-12-6-4-7-13-21)22-14-8-5-9-15-22/h4-10,12-17,20H,11,18-19H2,1-3H3,(H,30,31). The maximum absolute atomic E-state index is 12.5. The van der Waals surface area contributed by atoms with Crippen LogP contribution in [0, 0.1) is 0 Å². The molecule has 1 aliphatic carbocycles. The number of benzene rings is 3. The highest BCUT2D eigenvalue weighted by Gasteiger charge is 2.41. The number of hydrogen-bond donors (Lipinski definition) is 1. The van der Waals surface area contributed by atoms with Gasteiger partial charge in [-0.05, 0) is 57.7 Å². The highest BCUT2D eigenvalue weighted by Crippen LogP contribution is 2.42. The van der Waals surface area contributed by atoms with E-state index in [1.165, 1.54) is 0 Å². The minimum Gasteiger partial charge on any atom is -0.444 e. The molecule has 1 saturated carbocycles. The van der Waals surface area contributed by atoms with E-state index in [1.54, 1.807) is 0 Å². The van der Waals surface area contributed by atoms with Gasteiger partial charge in [0, 0.05) is 11.1 Å². The summed E-state index contributed by atoms with van der Waals surface area (Å²) in [4.78, 5) is 17.6. The van der Waals surface area contributed by atoms with Crippen LogP contribution < -0.4 is 5.32 Å². The van der Waals surface area contributed by atoms with Crippen LogP contribution in [0.5, 0.6) is 0 Å². The summed E-state index contributed by atoms with van der Waals surface area (Å²) in [6.07, 6.45) is 2.48. The molecule has 32 heavy (non-hydrogen) atoms. The largest absolute Gasteiger partial charge is 0.444 e. The molecule has 3 aromatic rings. The van der Waals surface area contributed by atoms with Crippen molar-refractivity contribution >= 4 is 17.5 Å². The summed E-state index contributed by atoms with van der Waals surface area (Å²) in [6, 6.07) is 28.6. The van der Waals surface area contributed by atoms with Gasteiger partial charge in [-0.1, -0.05) is 72.8 Å². The number of nitrogens with zero attached hydrogens (tertiary/aromatic N) is 1. The maximum atomic E-state index is 12.5. The molecule has 1 fully saturated rings. The molecule has 1 aliphatic rings. The van der Waals surface area contributed by atoms with Gasteiger partial charge in [0.2, 0.25) is 0 Å². The van der Waals surface area contributed by atoms with Crippen molar-refractivity contribution in [1.82, 2.24) is 5.32 Å². The Kier molecular flexibility index (Phi) is 6.13. The molecule has 0 radical (unpaired) electrons. The van der Waals surface area contributed by atoms with E-state index in [-0.39, 0.29) is 6.09 Å². The average Bonchev–Trinajstić information content (AvgIpc) is 2.75. The van der Waals surface area contributed by atoms with Crippen LogP contribution in [0.1, 0.15) is 56.7 Å². The van der Waals surface area contributed by atoms with Crippen LogP contribution in [0.2, 0.25) is 0 Å². The van der Waals surface area contributed by atoms with Crippen molar-refractivity contribution in [3.63, 3.8) is 0 Å². The van der Waals surface area contributed by atoms with Crippen molar-refractivity contribution in [2.24, 2.45) is 4.99 Å². The lowest BCUT2D eigenvalue weighted by Crippen LogP contribution is -2.52. The van der Waals surface area contributed by atoms with Gasteiger partial charge in [0.15, 0.2) is 0 Å². The Hall–Kier alpha value is -3.40. The molecule has 3 aromatic carbocycles. The second-order valence-corrected chi connectivity index (χ2v) is 9.31. The van der Waals surface area contributed by atoms with Gasteiger partial charge in [0.05, 0.1) is 16.9 Å². The summed E-state index contributed by atoms with van der Waals surface area (Å²) < 4.78 is 5.52. The van der Waals surface area contributed by atoms with E-state index in [0.717, 1.165) is 47.4 Å². The first kappa shape index (κ1) is 21.8. The van der Waals surface area contributed by atoms with E-state index in [0.29, 0.717) is 0 Å². The zero-order valence-corrected chi connectivity index (χ0v) is 19.0. The Balaban J connectivity index is 1.68. The van der Waals surface area contributed by atoms with Gasteiger partial charge in [-0.15, -0.1) is 0 Å². The minimum atomic E-state index is -0.526. The molecular weight excluding hydrogens is 396 g/mol. The van der Waals surface area contributed by atoms with E-state index in [9.17, 15) is 4.79 Å². The number of alkyl carbamates (subject to hydrolysis) is 1. The molecule has 4 heteroatoms. The Morgan fingerprint density at radius 1 is 0.875 bits per heavy atom. The summed E-state index contributed by atoms with van der Waals surface area (Å²) in [5.41, 5.74) is 4.06. The van der Waals surface area contributed by atoms with Crippen molar-refractivity contribution in [2.75, 3.05) is 0 Å². The minimum absolute atomic E-state index is 0.375. The van der Waals surface area contributed by atoms with E-state index in [1.807, 2.05) is 69.3 Å². The Labute approximate surface area is 190 Å². The van der Waals surface area contributed by atoms with Crippen molar-refractivity contribution < 1.29 is 9.53 Å². The molecule has 4 nitrogen and oxygen atoms in total. The Morgan fingerprint density at radius 3 is 1.97 bits per heavy atom.